The Morgan fingerprint density at radius 1 is 1.12 bits per heavy atom. The van der Waals surface area contributed by atoms with Crippen LogP contribution < -0.4 is 10.2 Å². The van der Waals surface area contributed by atoms with Crippen molar-refractivity contribution >= 4 is 34.2 Å². The Morgan fingerprint density at radius 2 is 1.84 bits per heavy atom. The number of hydrogen-bond acceptors (Lipinski definition) is 8. The van der Waals surface area contributed by atoms with E-state index in [0.717, 1.165) is 5.01 Å². The monoisotopic (exact) mass is 361 g/mol. The second kappa shape index (κ2) is 7.97. The van der Waals surface area contributed by atoms with Gasteiger partial charge < -0.3 is 15.1 Å². The van der Waals surface area contributed by atoms with Crippen LogP contribution in [0.15, 0.2) is 18.5 Å². The van der Waals surface area contributed by atoms with Gasteiger partial charge in [0, 0.05) is 51.4 Å². The number of nitrogens with zero attached hydrogens (tertiary/aromatic N) is 6. The van der Waals surface area contributed by atoms with Gasteiger partial charge in [0.1, 0.15) is 5.01 Å². The van der Waals surface area contributed by atoms with E-state index in [-0.39, 0.29) is 24.7 Å². The number of nitrogens with one attached hydrogen (secondary N) is 1. The van der Waals surface area contributed by atoms with E-state index in [1.807, 2.05) is 11.8 Å². The van der Waals surface area contributed by atoms with Gasteiger partial charge >= 0.3 is 0 Å². The Hall–Kier alpha value is -2.62. The molecule has 2 aromatic heterocycles. The summed E-state index contributed by atoms with van der Waals surface area (Å²) in [5.41, 5.74) is 0. The molecule has 1 saturated heterocycles. The zero-order chi connectivity index (χ0) is 17.6. The van der Waals surface area contributed by atoms with Crippen molar-refractivity contribution < 1.29 is 9.59 Å². The first-order valence-electron chi connectivity index (χ1n) is 8.01. The molecule has 0 radical (unpaired) electrons. The van der Waals surface area contributed by atoms with Gasteiger partial charge in [0.05, 0.1) is 0 Å². The van der Waals surface area contributed by atoms with Crippen molar-refractivity contribution in [3.8, 4) is 0 Å². The summed E-state index contributed by atoms with van der Waals surface area (Å²) < 4.78 is 0. The first-order chi connectivity index (χ1) is 12.1. The fourth-order valence-corrected chi connectivity index (χ4v) is 3.13. The van der Waals surface area contributed by atoms with Crippen LogP contribution in [0.2, 0.25) is 0 Å². The number of hydrogen-bond donors (Lipinski definition) is 1. The average molecular weight is 361 g/mol. The standard InChI is InChI=1S/C15H19N7O2S/c1-11-19-20-15(25-11)18-12(23)3-4-13(24)21-7-9-22(10-8-21)14-16-5-2-6-17-14/h2,5-6H,3-4,7-10H2,1H3,(H,18,20,23). The van der Waals surface area contributed by atoms with Gasteiger partial charge in [-0.25, -0.2) is 9.97 Å². The van der Waals surface area contributed by atoms with Crippen LogP contribution in [-0.2, 0) is 9.59 Å². The summed E-state index contributed by atoms with van der Waals surface area (Å²) in [6, 6.07) is 1.78. The summed E-state index contributed by atoms with van der Waals surface area (Å²) >= 11 is 1.31. The highest BCUT2D eigenvalue weighted by Crippen LogP contribution is 2.14. The van der Waals surface area contributed by atoms with Crippen LogP contribution in [0.5, 0.6) is 0 Å². The van der Waals surface area contributed by atoms with E-state index >= 15 is 0 Å². The summed E-state index contributed by atoms with van der Waals surface area (Å²) in [4.78, 5) is 36.4. The highest BCUT2D eigenvalue weighted by Gasteiger charge is 2.22. The largest absolute Gasteiger partial charge is 0.339 e. The predicted molar refractivity (Wildman–Crippen MR) is 93.3 cm³/mol. The number of aryl methyl sites for hydroxylation is 1. The number of piperazine rings is 1. The lowest BCUT2D eigenvalue weighted by Crippen LogP contribution is -2.49. The normalized spacial score (nSPS) is 14.4. The Bertz CT molecular complexity index is 728. The van der Waals surface area contributed by atoms with Crippen molar-refractivity contribution in [3.63, 3.8) is 0 Å². The van der Waals surface area contributed by atoms with E-state index in [0.29, 0.717) is 37.3 Å². The van der Waals surface area contributed by atoms with Gasteiger partial charge in [0.15, 0.2) is 0 Å². The molecule has 1 aliphatic heterocycles. The van der Waals surface area contributed by atoms with Crippen molar-refractivity contribution in [2.75, 3.05) is 36.4 Å². The molecule has 0 bridgehead atoms. The first-order valence-corrected chi connectivity index (χ1v) is 8.83. The minimum absolute atomic E-state index is 0.0165. The number of carbonyl (C=O) groups is 2. The van der Waals surface area contributed by atoms with Gasteiger partial charge in [-0.05, 0) is 13.0 Å². The molecule has 0 aliphatic carbocycles. The maximum absolute atomic E-state index is 12.3. The van der Waals surface area contributed by atoms with Gasteiger partial charge in [0.2, 0.25) is 22.9 Å². The van der Waals surface area contributed by atoms with Crippen molar-refractivity contribution in [1.82, 2.24) is 25.1 Å². The van der Waals surface area contributed by atoms with Crippen molar-refractivity contribution in [2.24, 2.45) is 0 Å². The van der Waals surface area contributed by atoms with Crippen LogP contribution >= 0.6 is 11.3 Å². The molecular formula is C15H19N7O2S. The number of carbonyl (C=O) groups excluding carboxylic acids is 2. The molecule has 0 atom stereocenters. The van der Waals surface area contributed by atoms with Crippen LogP contribution in [0.4, 0.5) is 11.1 Å². The van der Waals surface area contributed by atoms with E-state index in [1.165, 1.54) is 11.3 Å². The Labute approximate surface area is 149 Å². The zero-order valence-corrected chi connectivity index (χ0v) is 14.7. The van der Waals surface area contributed by atoms with Gasteiger partial charge in [-0.15, -0.1) is 10.2 Å². The molecule has 0 unspecified atom stereocenters. The van der Waals surface area contributed by atoms with Crippen molar-refractivity contribution in [1.29, 1.82) is 0 Å². The second-order valence-electron chi connectivity index (χ2n) is 5.59. The minimum Gasteiger partial charge on any atom is -0.339 e. The Balaban J connectivity index is 1.41. The average Bonchev–Trinajstić information content (AvgIpc) is 3.05. The van der Waals surface area contributed by atoms with E-state index in [4.69, 9.17) is 0 Å². The Kier molecular flexibility index (Phi) is 5.49. The third-order valence-corrected chi connectivity index (χ3v) is 4.56. The van der Waals surface area contributed by atoms with Crippen molar-refractivity contribution in [3.05, 3.63) is 23.5 Å². The molecule has 2 aromatic rings. The van der Waals surface area contributed by atoms with Crippen LogP contribution in [-0.4, -0.2) is 63.1 Å². The molecule has 0 saturated carbocycles. The number of amides is 2. The maximum atomic E-state index is 12.3. The van der Waals surface area contributed by atoms with Crippen LogP contribution in [0.25, 0.3) is 0 Å². The summed E-state index contributed by atoms with van der Waals surface area (Å²) in [6.45, 7) is 4.40. The van der Waals surface area contributed by atoms with E-state index in [2.05, 4.69) is 25.5 Å². The van der Waals surface area contributed by atoms with Crippen LogP contribution in [0.3, 0.4) is 0 Å². The fraction of sp³-hybridized carbons (Fsp3) is 0.467. The fourth-order valence-electron chi connectivity index (χ4n) is 2.52. The molecule has 25 heavy (non-hydrogen) atoms. The van der Waals surface area contributed by atoms with Gasteiger partial charge in [-0.1, -0.05) is 11.3 Å². The molecule has 10 heteroatoms. The van der Waals surface area contributed by atoms with E-state index in [1.54, 1.807) is 23.4 Å². The van der Waals surface area contributed by atoms with Gasteiger partial charge in [0.25, 0.3) is 0 Å². The van der Waals surface area contributed by atoms with E-state index < -0.39 is 0 Å². The molecule has 3 heterocycles. The topological polar surface area (TPSA) is 104 Å². The van der Waals surface area contributed by atoms with Gasteiger partial charge in [-0.3, -0.25) is 9.59 Å². The summed E-state index contributed by atoms with van der Waals surface area (Å²) in [7, 11) is 0. The lowest BCUT2D eigenvalue weighted by molar-refractivity contribution is -0.133. The molecule has 9 nitrogen and oxygen atoms in total. The van der Waals surface area contributed by atoms with Crippen LogP contribution in [0.1, 0.15) is 17.8 Å². The molecule has 132 valence electrons. The number of aromatic nitrogens is 4. The highest BCUT2D eigenvalue weighted by molar-refractivity contribution is 7.15. The highest BCUT2D eigenvalue weighted by atomic mass is 32.1. The third kappa shape index (κ3) is 4.69. The molecule has 3 rings (SSSR count). The second-order valence-corrected chi connectivity index (χ2v) is 6.77. The molecule has 1 fully saturated rings. The molecule has 2 amide bonds. The molecular weight excluding hydrogens is 342 g/mol. The number of anilines is 2. The summed E-state index contributed by atoms with van der Waals surface area (Å²) in [6.07, 6.45) is 3.74. The Morgan fingerprint density at radius 3 is 2.48 bits per heavy atom. The predicted octanol–water partition coefficient (Wildman–Crippen LogP) is 0.704. The van der Waals surface area contributed by atoms with Crippen LogP contribution in [0, 0.1) is 6.92 Å². The SMILES string of the molecule is Cc1nnc(NC(=O)CCC(=O)N2CCN(c3ncccn3)CC2)s1. The van der Waals surface area contributed by atoms with Crippen molar-refractivity contribution in [2.45, 2.75) is 19.8 Å². The number of rotatable bonds is 5. The molecule has 1 N–H and O–H groups in total. The summed E-state index contributed by atoms with van der Waals surface area (Å²) in [5, 5.41) is 11.6. The smallest absolute Gasteiger partial charge is 0.226 e. The third-order valence-electron chi connectivity index (χ3n) is 3.81. The van der Waals surface area contributed by atoms with Gasteiger partial charge in [-0.2, -0.15) is 0 Å². The summed E-state index contributed by atoms with van der Waals surface area (Å²) in [5.74, 6) is 0.444. The zero-order valence-electron chi connectivity index (χ0n) is 13.9. The molecule has 0 aromatic carbocycles. The minimum atomic E-state index is -0.221. The lowest BCUT2D eigenvalue weighted by Gasteiger charge is -2.34. The first kappa shape index (κ1) is 17.2. The quantitative estimate of drug-likeness (QED) is 0.836. The molecule has 1 aliphatic rings. The lowest BCUT2D eigenvalue weighted by atomic mass is 10.2. The molecule has 0 spiro atoms. The van der Waals surface area contributed by atoms with E-state index in [9.17, 15) is 9.59 Å². The maximum Gasteiger partial charge on any atom is 0.226 e.